The van der Waals surface area contributed by atoms with Gasteiger partial charge in [-0.3, -0.25) is 4.79 Å². The van der Waals surface area contributed by atoms with Crippen LogP contribution in [0.1, 0.15) is 23.0 Å². The van der Waals surface area contributed by atoms with E-state index in [1.54, 1.807) is 11.3 Å². The number of rotatable bonds is 7. The number of nitrogens with zero attached hydrogens (tertiary/aromatic N) is 2. The molecule has 6 heteroatoms. The van der Waals surface area contributed by atoms with E-state index in [0.717, 1.165) is 25.8 Å². The number of hydrogen-bond donors (Lipinski definition) is 1. The first kappa shape index (κ1) is 18.8. The number of fused-ring (bicyclic) bond motifs is 1. The van der Waals surface area contributed by atoms with Crippen LogP contribution in [-0.4, -0.2) is 36.4 Å². The van der Waals surface area contributed by atoms with Crippen LogP contribution in [0.4, 0.5) is 0 Å². The number of halogens is 1. The van der Waals surface area contributed by atoms with Gasteiger partial charge in [0.2, 0.25) is 5.91 Å². The molecule has 26 heavy (non-hydrogen) atoms. The minimum atomic E-state index is 0.0307. The number of carbonyl (C=O) groups is 1. The van der Waals surface area contributed by atoms with Crippen molar-refractivity contribution in [2.24, 2.45) is 0 Å². The third kappa shape index (κ3) is 4.61. The van der Waals surface area contributed by atoms with Crippen LogP contribution in [-0.2, 0) is 11.2 Å². The Bertz CT molecular complexity index is 860. The Hall–Kier alpha value is -1.95. The standard InChI is InChI=1S/C20H22ClN3OS/c1-24(2)17(14-7-3-4-8-15(14)21)13-22-19(25)11-12-20-23-16-9-5-6-10-18(16)26-20/h3-10,17H,11-13H2,1-2H3,(H,22,25). The molecule has 1 aromatic heterocycles. The number of amides is 1. The summed E-state index contributed by atoms with van der Waals surface area (Å²) in [6.07, 6.45) is 1.09. The van der Waals surface area contributed by atoms with E-state index in [2.05, 4.69) is 21.3 Å². The molecule has 3 rings (SSSR count). The molecule has 136 valence electrons. The number of aryl methyl sites for hydroxylation is 1. The lowest BCUT2D eigenvalue weighted by molar-refractivity contribution is -0.121. The maximum Gasteiger partial charge on any atom is 0.220 e. The van der Waals surface area contributed by atoms with Gasteiger partial charge in [0.15, 0.2) is 0 Å². The van der Waals surface area contributed by atoms with E-state index in [0.29, 0.717) is 19.4 Å². The van der Waals surface area contributed by atoms with Crippen LogP contribution < -0.4 is 5.32 Å². The molecule has 0 saturated carbocycles. The summed E-state index contributed by atoms with van der Waals surface area (Å²) in [7, 11) is 3.97. The molecule has 0 aliphatic carbocycles. The van der Waals surface area contributed by atoms with Crippen molar-refractivity contribution >= 4 is 39.1 Å². The van der Waals surface area contributed by atoms with Crippen LogP contribution >= 0.6 is 22.9 Å². The second-order valence-electron chi connectivity index (χ2n) is 6.38. The summed E-state index contributed by atoms with van der Waals surface area (Å²) in [5, 5.41) is 4.75. The molecule has 1 unspecified atom stereocenters. The largest absolute Gasteiger partial charge is 0.354 e. The molecular formula is C20H22ClN3OS. The number of hydrogen-bond acceptors (Lipinski definition) is 4. The third-order valence-electron chi connectivity index (χ3n) is 4.28. The average molecular weight is 388 g/mol. The number of likely N-dealkylation sites (N-methyl/N-ethyl adjacent to an activating group) is 1. The van der Waals surface area contributed by atoms with Gasteiger partial charge in [-0.05, 0) is 37.9 Å². The average Bonchev–Trinajstić information content (AvgIpc) is 3.04. The smallest absolute Gasteiger partial charge is 0.220 e. The van der Waals surface area contributed by atoms with E-state index >= 15 is 0 Å². The Labute approximate surface area is 162 Å². The van der Waals surface area contributed by atoms with Gasteiger partial charge in [-0.15, -0.1) is 11.3 Å². The molecule has 1 N–H and O–H groups in total. The van der Waals surface area contributed by atoms with Gasteiger partial charge in [-0.25, -0.2) is 4.98 Å². The van der Waals surface area contributed by atoms with E-state index in [4.69, 9.17) is 11.6 Å². The van der Waals surface area contributed by atoms with Gasteiger partial charge < -0.3 is 10.2 Å². The van der Waals surface area contributed by atoms with Gasteiger partial charge in [0.05, 0.1) is 21.3 Å². The van der Waals surface area contributed by atoms with Crippen LogP contribution in [0.3, 0.4) is 0 Å². The summed E-state index contributed by atoms with van der Waals surface area (Å²) in [4.78, 5) is 18.9. The summed E-state index contributed by atoms with van der Waals surface area (Å²) < 4.78 is 1.16. The fraction of sp³-hybridized carbons (Fsp3) is 0.300. The third-order valence-corrected chi connectivity index (χ3v) is 5.72. The highest BCUT2D eigenvalue weighted by Gasteiger charge is 2.18. The van der Waals surface area contributed by atoms with E-state index < -0.39 is 0 Å². The molecule has 0 aliphatic rings. The van der Waals surface area contributed by atoms with Gasteiger partial charge in [0, 0.05) is 24.4 Å². The molecule has 0 spiro atoms. The molecular weight excluding hydrogens is 366 g/mol. The zero-order chi connectivity index (χ0) is 18.5. The second-order valence-corrected chi connectivity index (χ2v) is 7.90. The van der Waals surface area contributed by atoms with Crippen molar-refractivity contribution in [3.8, 4) is 0 Å². The lowest BCUT2D eigenvalue weighted by Gasteiger charge is -2.26. The van der Waals surface area contributed by atoms with E-state index in [1.165, 1.54) is 0 Å². The Morgan fingerprint density at radius 3 is 2.65 bits per heavy atom. The predicted molar refractivity (Wildman–Crippen MR) is 109 cm³/mol. The van der Waals surface area contributed by atoms with Crippen LogP contribution in [0.15, 0.2) is 48.5 Å². The van der Waals surface area contributed by atoms with Gasteiger partial charge in [-0.2, -0.15) is 0 Å². The van der Waals surface area contributed by atoms with Crippen molar-refractivity contribution in [2.45, 2.75) is 18.9 Å². The maximum absolute atomic E-state index is 12.3. The molecule has 3 aromatic rings. The number of benzene rings is 2. The zero-order valence-electron chi connectivity index (χ0n) is 14.9. The molecule has 4 nitrogen and oxygen atoms in total. The minimum absolute atomic E-state index is 0.0307. The Balaban J connectivity index is 1.56. The molecule has 0 fully saturated rings. The highest BCUT2D eigenvalue weighted by molar-refractivity contribution is 7.18. The first-order valence-corrected chi connectivity index (χ1v) is 9.76. The Morgan fingerprint density at radius 1 is 1.19 bits per heavy atom. The molecule has 0 aliphatic heterocycles. The van der Waals surface area contributed by atoms with Gasteiger partial charge in [-0.1, -0.05) is 41.9 Å². The maximum atomic E-state index is 12.3. The van der Waals surface area contributed by atoms with E-state index in [1.807, 2.05) is 56.6 Å². The lowest BCUT2D eigenvalue weighted by Crippen LogP contribution is -2.34. The summed E-state index contributed by atoms with van der Waals surface area (Å²) in [6.45, 7) is 0.523. The number of carbonyl (C=O) groups excluding carboxylic acids is 1. The van der Waals surface area contributed by atoms with Crippen molar-refractivity contribution in [3.63, 3.8) is 0 Å². The zero-order valence-corrected chi connectivity index (χ0v) is 16.5. The van der Waals surface area contributed by atoms with Gasteiger partial charge in [0.25, 0.3) is 0 Å². The summed E-state index contributed by atoms with van der Waals surface area (Å²) >= 11 is 7.96. The molecule has 1 atom stereocenters. The van der Waals surface area contributed by atoms with Crippen LogP contribution in [0.2, 0.25) is 5.02 Å². The number of para-hydroxylation sites is 1. The first-order chi connectivity index (χ1) is 12.5. The van der Waals surface area contributed by atoms with Crippen LogP contribution in [0, 0.1) is 0 Å². The van der Waals surface area contributed by atoms with E-state index in [-0.39, 0.29) is 11.9 Å². The SMILES string of the molecule is CN(C)C(CNC(=O)CCc1nc2ccccc2s1)c1ccccc1Cl. The molecule has 0 saturated heterocycles. The summed E-state index contributed by atoms with van der Waals surface area (Å²) in [6, 6.07) is 15.8. The van der Waals surface area contributed by atoms with E-state index in [9.17, 15) is 4.79 Å². The Kier molecular flexibility index (Phi) is 6.25. The number of aromatic nitrogens is 1. The molecule has 0 bridgehead atoms. The second kappa shape index (κ2) is 8.62. The highest BCUT2D eigenvalue weighted by Crippen LogP contribution is 2.25. The quantitative estimate of drug-likeness (QED) is 0.657. The number of thiazole rings is 1. The van der Waals surface area contributed by atoms with Crippen molar-refractivity contribution in [2.75, 3.05) is 20.6 Å². The molecule has 1 heterocycles. The minimum Gasteiger partial charge on any atom is -0.354 e. The predicted octanol–water partition coefficient (Wildman–Crippen LogP) is 4.30. The topological polar surface area (TPSA) is 45.2 Å². The van der Waals surface area contributed by atoms with Crippen molar-refractivity contribution < 1.29 is 4.79 Å². The fourth-order valence-electron chi connectivity index (χ4n) is 2.86. The van der Waals surface area contributed by atoms with Gasteiger partial charge >= 0.3 is 0 Å². The number of nitrogens with one attached hydrogen (secondary N) is 1. The normalized spacial score (nSPS) is 12.5. The van der Waals surface area contributed by atoms with Crippen molar-refractivity contribution in [1.82, 2.24) is 15.2 Å². The van der Waals surface area contributed by atoms with Gasteiger partial charge in [0.1, 0.15) is 0 Å². The molecule has 1 amide bonds. The summed E-state index contributed by atoms with van der Waals surface area (Å²) in [5.74, 6) is 0.0307. The van der Waals surface area contributed by atoms with Crippen LogP contribution in [0.5, 0.6) is 0 Å². The molecule has 2 aromatic carbocycles. The first-order valence-electron chi connectivity index (χ1n) is 8.56. The fourth-order valence-corrected chi connectivity index (χ4v) is 4.09. The van der Waals surface area contributed by atoms with Crippen molar-refractivity contribution in [3.05, 3.63) is 64.1 Å². The van der Waals surface area contributed by atoms with Crippen molar-refractivity contribution in [1.29, 1.82) is 0 Å². The molecule has 0 radical (unpaired) electrons. The Morgan fingerprint density at radius 2 is 1.92 bits per heavy atom. The highest BCUT2D eigenvalue weighted by atomic mass is 35.5. The lowest BCUT2D eigenvalue weighted by atomic mass is 10.1. The monoisotopic (exact) mass is 387 g/mol. The summed E-state index contributed by atoms with van der Waals surface area (Å²) in [5.41, 5.74) is 2.02. The van der Waals surface area contributed by atoms with Crippen LogP contribution in [0.25, 0.3) is 10.2 Å².